The Morgan fingerprint density at radius 3 is 1.32 bits per heavy atom. The number of nitrogens with one attached hydrogen (secondary N) is 3. The lowest BCUT2D eigenvalue weighted by atomic mass is 10.1. The van der Waals surface area contributed by atoms with Crippen LogP contribution in [0.5, 0.6) is 0 Å². The van der Waals surface area contributed by atoms with E-state index in [4.69, 9.17) is 0 Å². The van der Waals surface area contributed by atoms with Crippen molar-refractivity contribution in [2.24, 2.45) is 0 Å². The Labute approximate surface area is 208 Å². The van der Waals surface area contributed by atoms with Crippen LogP contribution >= 0.6 is 0 Å². The van der Waals surface area contributed by atoms with Crippen LogP contribution in [0.1, 0.15) is 20.7 Å². The van der Waals surface area contributed by atoms with Crippen molar-refractivity contribution in [2.75, 3.05) is 10.6 Å². The summed E-state index contributed by atoms with van der Waals surface area (Å²) in [7, 11) is 0. The summed E-state index contributed by atoms with van der Waals surface area (Å²) < 4.78 is 0. The fourth-order valence-electron chi connectivity index (χ4n) is 3.93. The van der Waals surface area contributed by atoms with Gasteiger partial charge in [0, 0.05) is 68.6 Å². The van der Waals surface area contributed by atoms with E-state index in [1.807, 2.05) is 0 Å². The first kappa shape index (κ1) is 23.2. The van der Waals surface area contributed by atoms with Gasteiger partial charge < -0.3 is 15.6 Å². The van der Waals surface area contributed by atoms with E-state index in [2.05, 4.69) is 15.6 Å². The van der Waals surface area contributed by atoms with Gasteiger partial charge in [-0.1, -0.05) is 12.1 Å². The summed E-state index contributed by atoms with van der Waals surface area (Å²) in [4.78, 5) is 49.2. The monoisotopic (exact) mass is 495 g/mol. The molecule has 0 atom stereocenters. The van der Waals surface area contributed by atoms with Crippen LogP contribution in [-0.4, -0.2) is 26.6 Å². The Bertz CT molecular complexity index is 1580. The number of non-ortho nitro benzene ring substituents is 2. The van der Waals surface area contributed by atoms with E-state index in [0.29, 0.717) is 33.5 Å². The second-order valence-electron chi connectivity index (χ2n) is 8.16. The summed E-state index contributed by atoms with van der Waals surface area (Å²) in [5.74, 6) is -0.754. The molecule has 0 unspecified atom stereocenters. The van der Waals surface area contributed by atoms with E-state index >= 15 is 0 Å². The molecular weight excluding hydrogens is 478 g/mol. The molecule has 0 bridgehead atoms. The van der Waals surface area contributed by atoms with Crippen LogP contribution < -0.4 is 10.6 Å². The van der Waals surface area contributed by atoms with E-state index in [1.54, 1.807) is 36.4 Å². The molecule has 0 radical (unpaired) electrons. The molecule has 1 heterocycles. The van der Waals surface area contributed by atoms with Gasteiger partial charge in [0.05, 0.1) is 9.85 Å². The number of aromatic nitrogens is 1. The molecule has 4 aromatic carbocycles. The largest absolute Gasteiger partial charge is 0.354 e. The minimum absolute atomic E-state index is 0.0710. The number of rotatable bonds is 6. The third-order valence-electron chi connectivity index (χ3n) is 5.80. The topological polar surface area (TPSA) is 160 Å². The molecule has 0 aliphatic rings. The van der Waals surface area contributed by atoms with Gasteiger partial charge in [-0.3, -0.25) is 29.8 Å². The predicted octanol–water partition coefficient (Wildman–Crippen LogP) is 5.64. The lowest BCUT2D eigenvalue weighted by Gasteiger charge is -2.05. The Kier molecular flexibility index (Phi) is 5.78. The zero-order valence-electron chi connectivity index (χ0n) is 18.9. The van der Waals surface area contributed by atoms with Gasteiger partial charge in [0.1, 0.15) is 0 Å². The molecule has 3 N–H and O–H groups in total. The minimum Gasteiger partial charge on any atom is -0.354 e. The van der Waals surface area contributed by atoms with Gasteiger partial charge in [0.2, 0.25) is 0 Å². The number of benzene rings is 4. The van der Waals surface area contributed by atoms with Crippen LogP contribution in [0.3, 0.4) is 0 Å². The number of carbonyl (C=O) groups is 2. The van der Waals surface area contributed by atoms with Crippen LogP contribution in [0.25, 0.3) is 21.8 Å². The SMILES string of the molecule is O=C(Nc1ccc([N+](=O)[O-])cc1)c1ccc2c(c1)[nH]c1cc(C(=O)Nc3ccc([N+](=O)[O-])cc3)ccc12. The molecule has 0 spiro atoms. The van der Waals surface area contributed by atoms with Crippen molar-refractivity contribution in [3.05, 3.63) is 116 Å². The molecule has 182 valence electrons. The van der Waals surface area contributed by atoms with Crippen LogP contribution in [0.4, 0.5) is 22.7 Å². The number of carbonyl (C=O) groups excluding carboxylic acids is 2. The molecule has 0 aliphatic heterocycles. The number of nitro benzene ring substituents is 2. The van der Waals surface area contributed by atoms with Crippen molar-refractivity contribution in [3.8, 4) is 0 Å². The number of nitro groups is 2. The number of H-pyrrole nitrogens is 1. The van der Waals surface area contributed by atoms with Gasteiger partial charge in [-0.25, -0.2) is 0 Å². The second-order valence-corrected chi connectivity index (χ2v) is 8.16. The van der Waals surface area contributed by atoms with Crippen molar-refractivity contribution >= 4 is 56.4 Å². The first-order chi connectivity index (χ1) is 17.8. The normalized spacial score (nSPS) is 10.8. The molecule has 0 fully saturated rings. The first-order valence-corrected chi connectivity index (χ1v) is 11.0. The van der Waals surface area contributed by atoms with Gasteiger partial charge in [0.15, 0.2) is 0 Å². The number of hydrogen-bond donors (Lipinski definition) is 3. The smallest absolute Gasteiger partial charge is 0.269 e. The number of amides is 2. The fraction of sp³-hybridized carbons (Fsp3) is 0. The zero-order chi connectivity index (χ0) is 26.1. The summed E-state index contributed by atoms with van der Waals surface area (Å²) in [6, 6.07) is 21.4. The Balaban J connectivity index is 1.36. The predicted molar refractivity (Wildman–Crippen MR) is 138 cm³/mol. The summed E-state index contributed by atoms with van der Waals surface area (Å²) in [6.45, 7) is 0. The molecule has 11 heteroatoms. The molecule has 0 aliphatic carbocycles. The molecule has 1 aromatic heterocycles. The highest BCUT2D eigenvalue weighted by molar-refractivity contribution is 6.13. The molecule has 0 saturated carbocycles. The zero-order valence-corrected chi connectivity index (χ0v) is 18.9. The van der Waals surface area contributed by atoms with Crippen molar-refractivity contribution in [1.29, 1.82) is 0 Å². The minimum atomic E-state index is -0.514. The van der Waals surface area contributed by atoms with Gasteiger partial charge in [-0.05, 0) is 48.5 Å². The molecule has 2 amide bonds. The number of nitrogens with zero attached hydrogens (tertiary/aromatic N) is 2. The fourth-order valence-corrected chi connectivity index (χ4v) is 3.93. The van der Waals surface area contributed by atoms with Crippen LogP contribution in [0.15, 0.2) is 84.9 Å². The molecule has 5 aromatic rings. The third-order valence-corrected chi connectivity index (χ3v) is 5.80. The number of fused-ring (bicyclic) bond motifs is 3. The van der Waals surface area contributed by atoms with Gasteiger partial charge >= 0.3 is 0 Å². The number of hydrogen-bond acceptors (Lipinski definition) is 6. The first-order valence-electron chi connectivity index (χ1n) is 11.0. The molecule has 5 rings (SSSR count). The van der Waals surface area contributed by atoms with Crippen LogP contribution in [-0.2, 0) is 0 Å². The average Bonchev–Trinajstić information content (AvgIpc) is 3.26. The van der Waals surface area contributed by atoms with Gasteiger partial charge in [-0.15, -0.1) is 0 Å². The van der Waals surface area contributed by atoms with Crippen molar-refractivity contribution in [2.45, 2.75) is 0 Å². The summed E-state index contributed by atoms with van der Waals surface area (Å²) in [5, 5.41) is 28.8. The quantitative estimate of drug-likeness (QED) is 0.204. The maximum absolute atomic E-state index is 12.7. The van der Waals surface area contributed by atoms with Crippen molar-refractivity contribution < 1.29 is 19.4 Å². The Morgan fingerprint density at radius 1 is 0.595 bits per heavy atom. The van der Waals surface area contributed by atoms with E-state index in [9.17, 15) is 29.8 Å². The highest BCUT2D eigenvalue weighted by atomic mass is 16.6. The van der Waals surface area contributed by atoms with Crippen molar-refractivity contribution in [1.82, 2.24) is 4.98 Å². The van der Waals surface area contributed by atoms with E-state index in [0.717, 1.165) is 10.8 Å². The maximum atomic E-state index is 12.7. The van der Waals surface area contributed by atoms with Crippen LogP contribution in [0.2, 0.25) is 0 Å². The van der Waals surface area contributed by atoms with Crippen LogP contribution in [0, 0.1) is 20.2 Å². The molecule has 37 heavy (non-hydrogen) atoms. The average molecular weight is 495 g/mol. The van der Waals surface area contributed by atoms with E-state index < -0.39 is 9.85 Å². The molecular formula is C26H17N5O6. The van der Waals surface area contributed by atoms with E-state index in [1.165, 1.54) is 48.5 Å². The van der Waals surface area contributed by atoms with E-state index in [-0.39, 0.29) is 23.2 Å². The summed E-state index contributed by atoms with van der Waals surface area (Å²) in [5.41, 5.74) is 2.87. The van der Waals surface area contributed by atoms with Crippen molar-refractivity contribution in [3.63, 3.8) is 0 Å². The lowest BCUT2D eigenvalue weighted by molar-refractivity contribution is -0.385. The standard InChI is InChI=1S/C26H17N5O6/c32-25(27-17-3-7-19(8-4-17)30(34)35)15-1-11-21-22-12-2-16(14-24(22)29-23(21)13-15)26(33)28-18-5-9-20(10-6-18)31(36)37/h1-14,29H,(H,27,32)(H,28,33). The lowest BCUT2D eigenvalue weighted by Crippen LogP contribution is -2.11. The second kappa shape index (κ2) is 9.23. The third kappa shape index (κ3) is 4.68. The molecule has 11 nitrogen and oxygen atoms in total. The summed E-state index contributed by atoms with van der Waals surface area (Å²) in [6.07, 6.45) is 0. The maximum Gasteiger partial charge on any atom is 0.269 e. The number of anilines is 2. The Morgan fingerprint density at radius 2 is 0.973 bits per heavy atom. The highest BCUT2D eigenvalue weighted by Crippen LogP contribution is 2.28. The van der Waals surface area contributed by atoms with Gasteiger partial charge in [-0.2, -0.15) is 0 Å². The summed E-state index contributed by atoms with van der Waals surface area (Å²) >= 11 is 0. The molecule has 0 saturated heterocycles. The number of aromatic amines is 1. The van der Waals surface area contributed by atoms with Gasteiger partial charge in [0.25, 0.3) is 23.2 Å². The Hall–Kier alpha value is -5.58. The highest BCUT2D eigenvalue weighted by Gasteiger charge is 2.14.